The maximum atomic E-state index is 12.9. The van der Waals surface area contributed by atoms with Gasteiger partial charge in [-0.25, -0.2) is 4.98 Å². The number of amides is 1. The molecule has 0 radical (unpaired) electrons. The summed E-state index contributed by atoms with van der Waals surface area (Å²) < 4.78 is 1.76. The number of pyridine rings is 1. The van der Waals surface area contributed by atoms with Crippen LogP contribution in [-0.4, -0.2) is 15.3 Å². The molecule has 128 valence electrons. The minimum atomic E-state index is -0.220. The van der Waals surface area contributed by atoms with E-state index >= 15 is 0 Å². The highest BCUT2D eigenvalue weighted by Gasteiger charge is 2.16. The van der Waals surface area contributed by atoms with Gasteiger partial charge in [0.2, 0.25) is 0 Å². The van der Waals surface area contributed by atoms with E-state index in [9.17, 15) is 4.79 Å². The van der Waals surface area contributed by atoms with Gasteiger partial charge in [0.25, 0.3) is 5.91 Å². The molecule has 26 heavy (non-hydrogen) atoms. The van der Waals surface area contributed by atoms with E-state index in [1.165, 1.54) is 0 Å². The fourth-order valence-corrected chi connectivity index (χ4v) is 3.31. The number of nitrogens with zero attached hydrogens (tertiary/aromatic N) is 2. The lowest BCUT2D eigenvalue weighted by Gasteiger charge is -2.15. The average molecular weight is 362 g/mol. The standard InChI is InChI=1S/C21H16ClN3O/c1-14-7-6-10-17(20(14)15-8-2-3-9-16(15)22)24-21(26)18-13-23-19-11-4-5-12-25(18)19/h2-13H,1H3,(H,24,26). The number of imidazole rings is 1. The minimum absolute atomic E-state index is 0.220. The molecular formula is C21H16ClN3O. The largest absolute Gasteiger partial charge is 0.320 e. The fraction of sp³-hybridized carbons (Fsp3) is 0.0476. The number of halogens is 1. The Balaban J connectivity index is 1.77. The third-order valence-electron chi connectivity index (χ3n) is 4.31. The van der Waals surface area contributed by atoms with E-state index in [0.717, 1.165) is 22.3 Å². The van der Waals surface area contributed by atoms with Crippen LogP contribution in [0.5, 0.6) is 0 Å². The van der Waals surface area contributed by atoms with E-state index in [2.05, 4.69) is 10.3 Å². The van der Waals surface area contributed by atoms with Crippen LogP contribution in [0.25, 0.3) is 16.8 Å². The second kappa shape index (κ2) is 6.65. The first kappa shape index (κ1) is 16.4. The summed E-state index contributed by atoms with van der Waals surface area (Å²) in [5.74, 6) is -0.220. The molecule has 5 heteroatoms. The van der Waals surface area contributed by atoms with Crippen LogP contribution >= 0.6 is 11.6 Å². The van der Waals surface area contributed by atoms with E-state index in [0.29, 0.717) is 16.4 Å². The zero-order valence-corrected chi connectivity index (χ0v) is 14.9. The molecule has 1 N–H and O–H groups in total. The third kappa shape index (κ3) is 2.85. The number of carbonyl (C=O) groups excluding carboxylic acids is 1. The maximum absolute atomic E-state index is 12.9. The Labute approximate surface area is 156 Å². The quantitative estimate of drug-likeness (QED) is 0.544. The summed E-state index contributed by atoms with van der Waals surface area (Å²) in [5, 5.41) is 3.66. The zero-order chi connectivity index (χ0) is 18.1. The lowest BCUT2D eigenvalue weighted by atomic mass is 9.98. The Morgan fingerprint density at radius 1 is 1.04 bits per heavy atom. The van der Waals surface area contributed by atoms with Crippen LogP contribution in [0.15, 0.2) is 73.1 Å². The summed E-state index contributed by atoms with van der Waals surface area (Å²) in [6.07, 6.45) is 3.40. The van der Waals surface area contributed by atoms with Crippen molar-refractivity contribution >= 4 is 28.8 Å². The zero-order valence-electron chi connectivity index (χ0n) is 14.1. The first-order chi connectivity index (χ1) is 12.6. The van der Waals surface area contributed by atoms with Gasteiger partial charge in [-0.05, 0) is 36.8 Å². The molecule has 0 aliphatic carbocycles. The molecule has 1 amide bonds. The molecule has 2 heterocycles. The smallest absolute Gasteiger partial charge is 0.274 e. The fourth-order valence-electron chi connectivity index (χ4n) is 3.08. The maximum Gasteiger partial charge on any atom is 0.274 e. The summed E-state index contributed by atoms with van der Waals surface area (Å²) in [5.41, 5.74) is 4.77. The van der Waals surface area contributed by atoms with Gasteiger partial charge in [-0.2, -0.15) is 0 Å². The van der Waals surface area contributed by atoms with Gasteiger partial charge in [-0.15, -0.1) is 0 Å². The van der Waals surface area contributed by atoms with Gasteiger partial charge < -0.3 is 5.32 Å². The molecule has 0 aliphatic rings. The number of benzene rings is 2. The normalized spacial score (nSPS) is 10.8. The average Bonchev–Trinajstić information content (AvgIpc) is 3.07. The number of anilines is 1. The van der Waals surface area contributed by atoms with Crippen molar-refractivity contribution in [2.75, 3.05) is 5.32 Å². The third-order valence-corrected chi connectivity index (χ3v) is 4.64. The number of rotatable bonds is 3. The molecular weight excluding hydrogens is 346 g/mol. The highest BCUT2D eigenvalue weighted by Crippen LogP contribution is 2.36. The second-order valence-corrected chi connectivity index (χ2v) is 6.41. The predicted molar refractivity (Wildman–Crippen MR) is 105 cm³/mol. The highest BCUT2D eigenvalue weighted by atomic mass is 35.5. The lowest BCUT2D eigenvalue weighted by molar-refractivity contribution is 0.102. The number of fused-ring (bicyclic) bond motifs is 1. The van der Waals surface area contributed by atoms with Gasteiger partial charge in [-0.3, -0.25) is 9.20 Å². The number of aromatic nitrogens is 2. The minimum Gasteiger partial charge on any atom is -0.320 e. The molecule has 0 saturated carbocycles. The molecule has 0 spiro atoms. The monoisotopic (exact) mass is 361 g/mol. The highest BCUT2D eigenvalue weighted by molar-refractivity contribution is 6.33. The van der Waals surface area contributed by atoms with Crippen LogP contribution in [-0.2, 0) is 0 Å². The number of hydrogen-bond acceptors (Lipinski definition) is 2. The molecule has 4 nitrogen and oxygen atoms in total. The van der Waals surface area contributed by atoms with E-state index in [-0.39, 0.29) is 5.91 Å². The number of carbonyl (C=O) groups is 1. The predicted octanol–water partition coefficient (Wildman–Crippen LogP) is 5.22. The van der Waals surface area contributed by atoms with E-state index in [1.807, 2.05) is 73.8 Å². The number of hydrogen-bond donors (Lipinski definition) is 1. The molecule has 2 aromatic carbocycles. The topological polar surface area (TPSA) is 46.4 Å². The van der Waals surface area contributed by atoms with Crippen molar-refractivity contribution in [1.82, 2.24) is 9.38 Å². The first-order valence-corrected chi connectivity index (χ1v) is 8.61. The van der Waals surface area contributed by atoms with E-state index < -0.39 is 0 Å². The summed E-state index contributed by atoms with van der Waals surface area (Å²) >= 11 is 6.39. The van der Waals surface area contributed by atoms with Crippen molar-refractivity contribution < 1.29 is 4.79 Å². The summed E-state index contributed by atoms with van der Waals surface area (Å²) in [6, 6.07) is 19.0. The molecule has 4 rings (SSSR count). The van der Waals surface area contributed by atoms with E-state index in [1.54, 1.807) is 10.6 Å². The molecule has 2 aromatic heterocycles. The van der Waals surface area contributed by atoms with Crippen LogP contribution in [0.2, 0.25) is 5.02 Å². The molecule has 0 atom stereocenters. The van der Waals surface area contributed by atoms with Crippen LogP contribution in [0.4, 0.5) is 5.69 Å². The Bertz CT molecular complexity index is 1120. The van der Waals surface area contributed by atoms with Gasteiger partial charge in [0.05, 0.1) is 6.20 Å². The molecule has 0 fully saturated rings. The second-order valence-electron chi connectivity index (χ2n) is 6.00. The Morgan fingerprint density at radius 3 is 2.69 bits per heavy atom. The van der Waals surface area contributed by atoms with Crippen molar-refractivity contribution in [1.29, 1.82) is 0 Å². The summed E-state index contributed by atoms with van der Waals surface area (Å²) in [7, 11) is 0. The Hall–Kier alpha value is -3.11. The Morgan fingerprint density at radius 2 is 1.85 bits per heavy atom. The van der Waals surface area contributed by atoms with Crippen LogP contribution in [0.1, 0.15) is 16.1 Å². The Kier molecular flexibility index (Phi) is 4.19. The van der Waals surface area contributed by atoms with Crippen molar-refractivity contribution in [3.05, 3.63) is 89.3 Å². The van der Waals surface area contributed by atoms with Gasteiger partial charge in [0, 0.05) is 28.0 Å². The summed E-state index contributed by atoms with van der Waals surface area (Å²) in [4.78, 5) is 17.1. The van der Waals surface area contributed by atoms with Crippen molar-refractivity contribution in [3.8, 4) is 11.1 Å². The van der Waals surface area contributed by atoms with Gasteiger partial charge in [0.15, 0.2) is 0 Å². The van der Waals surface area contributed by atoms with Crippen molar-refractivity contribution in [2.45, 2.75) is 6.92 Å². The van der Waals surface area contributed by atoms with Gasteiger partial charge in [-0.1, -0.05) is 48.0 Å². The molecule has 0 bridgehead atoms. The lowest BCUT2D eigenvalue weighted by Crippen LogP contribution is -2.15. The summed E-state index contributed by atoms with van der Waals surface area (Å²) in [6.45, 7) is 2.00. The molecule has 4 aromatic rings. The number of aryl methyl sites for hydroxylation is 1. The first-order valence-electron chi connectivity index (χ1n) is 8.23. The van der Waals surface area contributed by atoms with Crippen molar-refractivity contribution in [2.24, 2.45) is 0 Å². The van der Waals surface area contributed by atoms with Gasteiger partial charge >= 0.3 is 0 Å². The van der Waals surface area contributed by atoms with Crippen molar-refractivity contribution in [3.63, 3.8) is 0 Å². The number of nitrogens with one attached hydrogen (secondary N) is 1. The van der Waals surface area contributed by atoms with E-state index in [4.69, 9.17) is 11.6 Å². The van der Waals surface area contributed by atoms with Crippen LogP contribution in [0.3, 0.4) is 0 Å². The molecule has 0 unspecified atom stereocenters. The SMILES string of the molecule is Cc1cccc(NC(=O)c2cnc3ccccn23)c1-c1ccccc1Cl. The van der Waals surface area contributed by atoms with Crippen LogP contribution in [0, 0.1) is 6.92 Å². The van der Waals surface area contributed by atoms with Crippen LogP contribution < -0.4 is 5.32 Å². The van der Waals surface area contributed by atoms with Gasteiger partial charge in [0.1, 0.15) is 11.3 Å². The molecule has 0 saturated heterocycles. The molecule has 0 aliphatic heterocycles.